The molecule has 1 aliphatic rings. The molecular formula is C21H22N2O3. The minimum atomic E-state index is -0.212. The molecule has 1 aromatic heterocycles. The lowest BCUT2D eigenvalue weighted by molar-refractivity contribution is 0.102. The van der Waals surface area contributed by atoms with Gasteiger partial charge in [0.25, 0.3) is 5.91 Å². The number of furan rings is 1. The number of carbonyl (C=O) groups is 1. The minimum absolute atomic E-state index is 0.132. The number of nitrogens with one attached hydrogen (secondary N) is 1. The van der Waals surface area contributed by atoms with Gasteiger partial charge in [0, 0.05) is 36.3 Å². The van der Waals surface area contributed by atoms with Gasteiger partial charge in [-0.05, 0) is 55.3 Å². The summed E-state index contributed by atoms with van der Waals surface area (Å²) in [7, 11) is 0. The second kappa shape index (κ2) is 6.94. The number of benzene rings is 2. The number of nitrogens with zero attached hydrogens (tertiary/aromatic N) is 1. The van der Waals surface area contributed by atoms with Gasteiger partial charge in [-0.1, -0.05) is 12.1 Å². The number of aryl methyl sites for hydroxylation is 1. The summed E-state index contributed by atoms with van der Waals surface area (Å²) >= 11 is 0. The van der Waals surface area contributed by atoms with Crippen LogP contribution in [0.4, 0.5) is 5.69 Å². The van der Waals surface area contributed by atoms with Gasteiger partial charge in [-0.3, -0.25) is 9.69 Å². The highest BCUT2D eigenvalue weighted by molar-refractivity contribution is 6.05. The Morgan fingerprint density at radius 3 is 2.77 bits per heavy atom. The van der Waals surface area contributed by atoms with E-state index in [2.05, 4.69) is 10.2 Å². The lowest BCUT2D eigenvalue weighted by Gasteiger charge is -2.15. The second-order valence-corrected chi connectivity index (χ2v) is 6.94. The molecule has 0 saturated carbocycles. The van der Waals surface area contributed by atoms with Gasteiger partial charge in [-0.15, -0.1) is 0 Å². The third-order valence-electron chi connectivity index (χ3n) is 4.77. The maximum atomic E-state index is 12.5. The molecule has 2 N–H and O–H groups in total. The van der Waals surface area contributed by atoms with Crippen molar-refractivity contribution in [3.05, 3.63) is 65.4 Å². The summed E-state index contributed by atoms with van der Waals surface area (Å²) in [6.07, 6.45) is 0.623. The summed E-state index contributed by atoms with van der Waals surface area (Å²) in [5.74, 6) is 0.720. The molecule has 26 heavy (non-hydrogen) atoms. The summed E-state index contributed by atoms with van der Waals surface area (Å²) in [4.78, 5) is 14.7. The van der Waals surface area contributed by atoms with E-state index < -0.39 is 0 Å². The van der Waals surface area contributed by atoms with Gasteiger partial charge in [0.15, 0.2) is 0 Å². The van der Waals surface area contributed by atoms with Crippen molar-refractivity contribution in [2.24, 2.45) is 0 Å². The summed E-state index contributed by atoms with van der Waals surface area (Å²) in [6, 6.07) is 15.2. The molecule has 1 amide bonds. The van der Waals surface area contributed by atoms with Crippen molar-refractivity contribution >= 4 is 22.6 Å². The van der Waals surface area contributed by atoms with Gasteiger partial charge in [0.2, 0.25) is 0 Å². The predicted octanol–water partition coefficient (Wildman–Crippen LogP) is 3.56. The highest BCUT2D eigenvalue weighted by Gasteiger charge is 2.20. The van der Waals surface area contributed by atoms with E-state index in [1.807, 2.05) is 55.5 Å². The maximum Gasteiger partial charge on any atom is 0.255 e. The van der Waals surface area contributed by atoms with Crippen LogP contribution in [0.5, 0.6) is 0 Å². The highest BCUT2D eigenvalue weighted by Crippen LogP contribution is 2.23. The summed E-state index contributed by atoms with van der Waals surface area (Å²) < 4.78 is 5.55. The first-order valence-electron chi connectivity index (χ1n) is 8.88. The fourth-order valence-corrected chi connectivity index (χ4v) is 3.43. The number of aliphatic hydroxyl groups is 1. The molecule has 0 radical (unpaired) electrons. The molecule has 1 saturated heterocycles. The Morgan fingerprint density at radius 2 is 2.04 bits per heavy atom. The molecule has 2 heterocycles. The average molecular weight is 350 g/mol. The smallest absolute Gasteiger partial charge is 0.255 e. The van der Waals surface area contributed by atoms with E-state index in [0.29, 0.717) is 5.56 Å². The largest absolute Gasteiger partial charge is 0.461 e. The van der Waals surface area contributed by atoms with Crippen molar-refractivity contribution in [3.63, 3.8) is 0 Å². The van der Waals surface area contributed by atoms with Crippen LogP contribution < -0.4 is 5.32 Å². The second-order valence-electron chi connectivity index (χ2n) is 6.94. The molecule has 4 rings (SSSR count). The first-order chi connectivity index (χ1) is 12.6. The Kier molecular flexibility index (Phi) is 4.49. The average Bonchev–Trinajstić information content (AvgIpc) is 3.19. The molecule has 0 aliphatic carbocycles. The Morgan fingerprint density at radius 1 is 1.23 bits per heavy atom. The number of carbonyl (C=O) groups excluding carboxylic acids is 1. The summed E-state index contributed by atoms with van der Waals surface area (Å²) in [6.45, 7) is 4.34. The Labute approximate surface area is 152 Å². The molecule has 5 heteroatoms. The van der Waals surface area contributed by atoms with Gasteiger partial charge in [0.05, 0.1) is 6.10 Å². The van der Waals surface area contributed by atoms with Gasteiger partial charge in [-0.25, -0.2) is 0 Å². The van der Waals surface area contributed by atoms with E-state index in [1.54, 1.807) is 0 Å². The van der Waals surface area contributed by atoms with Crippen LogP contribution in [-0.4, -0.2) is 35.1 Å². The van der Waals surface area contributed by atoms with E-state index >= 15 is 0 Å². The number of fused-ring (bicyclic) bond motifs is 1. The van der Waals surface area contributed by atoms with E-state index in [4.69, 9.17) is 4.42 Å². The molecule has 3 aromatic rings. The lowest BCUT2D eigenvalue weighted by Crippen LogP contribution is -2.21. The number of hydrogen-bond donors (Lipinski definition) is 2. The molecule has 0 bridgehead atoms. The first kappa shape index (κ1) is 16.8. The molecule has 2 aromatic carbocycles. The van der Waals surface area contributed by atoms with Gasteiger partial charge in [0.1, 0.15) is 11.3 Å². The van der Waals surface area contributed by atoms with Crippen molar-refractivity contribution in [2.75, 3.05) is 18.4 Å². The first-order valence-corrected chi connectivity index (χ1v) is 8.88. The van der Waals surface area contributed by atoms with Crippen LogP contribution in [0.1, 0.15) is 28.1 Å². The van der Waals surface area contributed by atoms with Crippen molar-refractivity contribution in [2.45, 2.75) is 26.0 Å². The Hall–Kier alpha value is -2.63. The van der Waals surface area contributed by atoms with Crippen LogP contribution in [0.3, 0.4) is 0 Å². The maximum absolute atomic E-state index is 12.5. The number of β-amino-alcohol motifs (C(OH)–C–C–N with tert-alkyl or cyclic N) is 1. The van der Waals surface area contributed by atoms with Gasteiger partial charge >= 0.3 is 0 Å². The molecule has 134 valence electrons. The number of amides is 1. The number of likely N-dealkylation sites (tertiary alicyclic amines) is 1. The van der Waals surface area contributed by atoms with Crippen molar-refractivity contribution in [1.82, 2.24) is 4.90 Å². The van der Waals surface area contributed by atoms with E-state index in [0.717, 1.165) is 54.0 Å². The zero-order valence-corrected chi connectivity index (χ0v) is 14.7. The topological polar surface area (TPSA) is 65.7 Å². The normalized spacial score (nSPS) is 17.7. The number of rotatable bonds is 4. The van der Waals surface area contributed by atoms with Crippen molar-refractivity contribution in [3.8, 4) is 0 Å². The van der Waals surface area contributed by atoms with E-state index in [-0.39, 0.29) is 12.0 Å². The fraction of sp³-hybridized carbons (Fsp3) is 0.286. The minimum Gasteiger partial charge on any atom is -0.461 e. The van der Waals surface area contributed by atoms with Gasteiger partial charge in [-0.2, -0.15) is 0 Å². The Balaban J connectivity index is 1.42. The van der Waals surface area contributed by atoms with Crippen LogP contribution in [0.15, 0.2) is 52.9 Å². The van der Waals surface area contributed by atoms with Crippen LogP contribution in [0.2, 0.25) is 0 Å². The summed E-state index contributed by atoms with van der Waals surface area (Å²) in [5.41, 5.74) is 3.33. The third-order valence-corrected chi connectivity index (χ3v) is 4.77. The van der Waals surface area contributed by atoms with Crippen molar-refractivity contribution in [1.29, 1.82) is 0 Å². The number of anilines is 1. The number of aliphatic hydroxyl groups excluding tert-OH is 1. The monoisotopic (exact) mass is 350 g/mol. The quantitative estimate of drug-likeness (QED) is 0.755. The highest BCUT2D eigenvalue weighted by atomic mass is 16.3. The third kappa shape index (κ3) is 3.64. The van der Waals surface area contributed by atoms with Crippen LogP contribution >= 0.6 is 0 Å². The SMILES string of the molecule is Cc1cc2cc(NC(=O)c3ccc(CN4CC[C@H](O)C4)cc3)ccc2o1. The van der Waals surface area contributed by atoms with Crippen molar-refractivity contribution < 1.29 is 14.3 Å². The summed E-state index contributed by atoms with van der Waals surface area (Å²) in [5, 5.41) is 13.5. The van der Waals surface area contributed by atoms with E-state index in [1.165, 1.54) is 0 Å². The standard InChI is InChI=1S/C21H22N2O3/c1-14-10-17-11-18(6-7-20(17)26-14)22-21(25)16-4-2-15(3-5-16)12-23-9-8-19(24)13-23/h2-7,10-11,19,24H,8-9,12-13H2,1H3,(H,22,25)/t19-/m0/s1. The molecule has 1 fully saturated rings. The van der Waals surface area contributed by atoms with Gasteiger partial charge < -0.3 is 14.8 Å². The molecule has 5 nitrogen and oxygen atoms in total. The fourth-order valence-electron chi connectivity index (χ4n) is 3.43. The lowest BCUT2D eigenvalue weighted by atomic mass is 10.1. The Bertz CT molecular complexity index is 930. The molecule has 1 atom stereocenters. The molecule has 0 unspecified atom stereocenters. The molecular weight excluding hydrogens is 328 g/mol. The van der Waals surface area contributed by atoms with Crippen LogP contribution in [-0.2, 0) is 6.54 Å². The van der Waals surface area contributed by atoms with Crippen LogP contribution in [0, 0.1) is 6.92 Å². The molecule has 1 aliphatic heterocycles. The molecule has 0 spiro atoms. The predicted molar refractivity (Wildman–Crippen MR) is 101 cm³/mol. The zero-order valence-electron chi connectivity index (χ0n) is 14.7. The van der Waals surface area contributed by atoms with E-state index in [9.17, 15) is 9.90 Å². The zero-order chi connectivity index (χ0) is 18.1. The number of hydrogen-bond acceptors (Lipinski definition) is 4. The van der Waals surface area contributed by atoms with Crippen LogP contribution in [0.25, 0.3) is 11.0 Å².